The molecule has 3 aliphatic rings. The van der Waals surface area contributed by atoms with Crippen molar-refractivity contribution in [2.45, 2.75) is 12.7 Å². The van der Waals surface area contributed by atoms with Gasteiger partial charge in [0.15, 0.2) is 0 Å². The summed E-state index contributed by atoms with van der Waals surface area (Å²) in [5.41, 5.74) is -0.788. The van der Waals surface area contributed by atoms with Crippen LogP contribution in [-0.2, 0) is 22.3 Å². The van der Waals surface area contributed by atoms with Crippen LogP contribution < -0.4 is 0 Å². The summed E-state index contributed by atoms with van der Waals surface area (Å²) in [6, 6.07) is 4.40. The van der Waals surface area contributed by atoms with E-state index < -0.39 is 17.8 Å². The van der Waals surface area contributed by atoms with Gasteiger partial charge in [0.25, 0.3) is 5.91 Å². The van der Waals surface area contributed by atoms with E-state index in [4.69, 9.17) is 4.74 Å². The molecule has 31 heavy (non-hydrogen) atoms. The van der Waals surface area contributed by atoms with Crippen molar-refractivity contribution in [2.75, 3.05) is 46.3 Å². The molecule has 0 aliphatic carbocycles. The van der Waals surface area contributed by atoms with E-state index in [1.165, 1.54) is 34.2 Å². The molecule has 0 spiro atoms. The molecule has 1 fully saturated rings. The maximum Gasteiger partial charge on any atom is 0.416 e. The molecule has 8 nitrogen and oxygen atoms in total. The van der Waals surface area contributed by atoms with Crippen LogP contribution in [0.1, 0.15) is 11.1 Å². The number of aliphatic imine (C=N–C) groups is 1. The number of benzene rings is 1. The minimum Gasteiger partial charge on any atom is -0.418 e. The SMILES string of the molecule is CN1CCN(C(=O)C2=CN3CCN(Cc4ccccc4C(F)(F)F)C(=O)N=C3O2)CC1. The maximum atomic E-state index is 13.3. The highest BCUT2D eigenvalue weighted by Gasteiger charge is 2.36. The lowest BCUT2D eigenvalue weighted by Crippen LogP contribution is -2.47. The van der Waals surface area contributed by atoms with Crippen molar-refractivity contribution >= 4 is 18.0 Å². The molecule has 4 rings (SSSR count). The highest BCUT2D eigenvalue weighted by Crippen LogP contribution is 2.32. The number of alkyl halides is 3. The molecule has 0 aromatic heterocycles. The van der Waals surface area contributed by atoms with Crippen molar-refractivity contribution in [3.63, 3.8) is 0 Å². The second-order valence-electron chi connectivity index (χ2n) is 7.64. The molecule has 3 aliphatic heterocycles. The number of rotatable bonds is 3. The van der Waals surface area contributed by atoms with Crippen LogP contribution in [-0.4, -0.2) is 83.9 Å². The zero-order valence-corrected chi connectivity index (χ0v) is 16.9. The normalized spacial score (nSPS) is 20.1. The molecule has 1 saturated heterocycles. The average molecular weight is 437 g/mol. The van der Waals surface area contributed by atoms with Crippen LogP contribution >= 0.6 is 0 Å². The van der Waals surface area contributed by atoms with Crippen molar-refractivity contribution in [3.8, 4) is 0 Å². The number of urea groups is 1. The Bertz CT molecular complexity index is 938. The third-order valence-electron chi connectivity index (χ3n) is 5.48. The zero-order chi connectivity index (χ0) is 22.2. The Morgan fingerprint density at radius 1 is 1.10 bits per heavy atom. The van der Waals surface area contributed by atoms with Gasteiger partial charge in [0.05, 0.1) is 11.8 Å². The lowest BCUT2D eigenvalue weighted by Gasteiger charge is -2.32. The maximum absolute atomic E-state index is 13.3. The van der Waals surface area contributed by atoms with E-state index in [1.807, 2.05) is 7.05 Å². The van der Waals surface area contributed by atoms with Crippen LogP contribution in [0.2, 0.25) is 0 Å². The summed E-state index contributed by atoms with van der Waals surface area (Å²) in [6.45, 7) is 2.83. The molecule has 166 valence electrons. The number of hydrogen-bond acceptors (Lipinski definition) is 5. The smallest absolute Gasteiger partial charge is 0.416 e. The molecule has 11 heteroatoms. The van der Waals surface area contributed by atoms with E-state index >= 15 is 0 Å². The van der Waals surface area contributed by atoms with Crippen molar-refractivity contribution in [1.82, 2.24) is 19.6 Å². The molecule has 3 amide bonds. The minimum atomic E-state index is -4.51. The van der Waals surface area contributed by atoms with Crippen LogP contribution in [0.5, 0.6) is 0 Å². The van der Waals surface area contributed by atoms with Crippen molar-refractivity contribution in [3.05, 3.63) is 47.4 Å². The zero-order valence-electron chi connectivity index (χ0n) is 16.9. The van der Waals surface area contributed by atoms with E-state index in [2.05, 4.69) is 9.89 Å². The van der Waals surface area contributed by atoms with Crippen LogP contribution in [0.25, 0.3) is 0 Å². The van der Waals surface area contributed by atoms with Gasteiger partial charge in [-0.1, -0.05) is 18.2 Å². The monoisotopic (exact) mass is 437 g/mol. The highest BCUT2D eigenvalue weighted by atomic mass is 19.4. The fraction of sp³-hybridized carbons (Fsp3) is 0.450. The Balaban J connectivity index is 1.44. The first-order valence-electron chi connectivity index (χ1n) is 9.89. The molecule has 3 heterocycles. The summed E-state index contributed by atoms with van der Waals surface area (Å²) in [5.74, 6) is -0.181. The first kappa shape index (κ1) is 21.2. The van der Waals surface area contributed by atoms with Gasteiger partial charge in [-0.15, -0.1) is 4.99 Å². The molecule has 0 unspecified atom stereocenters. The van der Waals surface area contributed by atoms with Crippen molar-refractivity contribution < 1.29 is 27.5 Å². The summed E-state index contributed by atoms with van der Waals surface area (Å²) in [4.78, 5) is 35.7. The minimum absolute atomic E-state index is 0.00648. The molecule has 1 aromatic carbocycles. The fourth-order valence-electron chi connectivity index (χ4n) is 3.66. The number of amidine groups is 1. The average Bonchev–Trinajstić information content (AvgIpc) is 3.07. The number of halogens is 3. The Morgan fingerprint density at radius 3 is 2.52 bits per heavy atom. The quantitative estimate of drug-likeness (QED) is 0.723. The Labute approximate surface area is 177 Å². The lowest BCUT2D eigenvalue weighted by atomic mass is 10.1. The second-order valence-corrected chi connectivity index (χ2v) is 7.64. The molecular weight excluding hydrogens is 415 g/mol. The number of fused-ring (bicyclic) bond motifs is 1. The number of ether oxygens (including phenoxy) is 1. The van der Waals surface area contributed by atoms with Crippen LogP contribution in [0.4, 0.5) is 18.0 Å². The molecule has 0 atom stereocenters. The van der Waals surface area contributed by atoms with E-state index in [9.17, 15) is 22.8 Å². The van der Waals surface area contributed by atoms with Gasteiger partial charge in [0.2, 0.25) is 5.76 Å². The van der Waals surface area contributed by atoms with Gasteiger partial charge in [-0.2, -0.15) is 13.2 Å². The molecule has 0 bridgehead atoms. The van der Waals surface area contributed by atoms with Crippen LogP contribution in [0, 0.1) is 0 Å². The topological polar surface area (TPSA) is 68.7 Å². The van der Waals surface area contributed by atoms with Gasteiger partial charge in [-0.25, -0.2) is 4.79 Å². The number of amides is 3. The molecule has 0 saturated carbocycles. The van der Waals surface area contributed by atoms with E-state index in [-0.39, 0.29) is 42.9 Å². The first-order chi connectivity index (χ1) is 14.7. The third-order valence-corrected chi connectivity index (χ3v) is 5.48. The third kappa shape index (κ3) is 4.50. The summed E-state index contributed by atoms with van der Waals surface area (Å²) in [7, 11) is 1.98. The predicted molar refractivity (Wildman–Crippen MR) is 105 cm³/mol. The Kier molecular flexibility index (Phi) is 5.61. The second kappa shape index (κ2) is 8.22. The molecule has 0 radical (unpaired) electrons. The molecule has 0 N–H and O–H groups in total. The van der Waals surface area contributed by atoms with Gasteiger partial charge in [0.1, 0.15) is 0 Å². The predicted octanol–water partition coefficient (Wildman–Crippen LogP) is 1.94. The standard InChI is InChI=1S/C20H22F3N5O3/c1-25-6-8-26(9-7-25)17(29)16-13-28-11-10-27(18(30)24-19(28)31-16)12-14-4-2-3-5-15(14)20(21,22)23/h2-5,13H,6-12H2,1H3. The van der Waals surface area contributed by atoms with Crippen molar-refractivity contribution in [1.29, 1.82) is 0 Å². The number of carbonyl (C=O) groups is 2. The molecule has 1 aromatic rings. The summed E-state index contributed by atoms with van der Waals surface area (Å²) in [6.07, 6.45) is -3.01. The number of hydrogen-bond donors (Lipinski definition) is 0. The number of carbonyl (C=O) groups excluding carboxylic acids is 2. The van der Waals surface area contributed by atoms with Gasteiger partial charge in [-0.3, -0.25) is 9.69 Å². The molecular formula is C20H22F3N5O3. The van der Waals surface area contributed by atoms with Crippen LogP contribution in [0.3, 0.4) is 0 Å². The summed E-state index contributed by atoms with van der Waals surface area (Å²) >= 11 is 0. The summed E-state index contributed by atoms with van der Waals surface area (Å²) < 4.78 is 45.3. The number of nitrogens with zero attached hydrogens (tertiary/aromatic N) is 5. The van der Waals surface area contributed by atoms with Crippen LogP contribution in [0.15, 0.2) is 41.2 Å². The van der Waals surface area contributed by atoms with E-state index in [0.29, 0.717) is 13.1 Å². The Hall–Kier alpha value is -3.08. The van der Waals surface area contributed by atoms with Gasteiger partial charge in [0, 0.05) is 45.8 Å². The van der Waals surface area contributed by atoms with Gasteiger partial charge < -0.3 is 19.4 Å². The van der Waals surface area contributed by atoms with Gasteiger partial charge in [-0.05, 0) is 18.7 Å². The largest absolute Gasteiger partial charge is 0.418 e. The van der Waals surface area contributed by atoms with E-state index in [0.717, 1.165) is 19.2 Å². The highest BCUT2D eigenvalue weighted by molar-refractivity contribution is 6.00. The Morgan fingerprint density at radius 2 is 1.81 bits per heavy atom. The van der Waals surface area contributed by atoms with Gasteiger partial charge >= 0.3 is 18.2 Å². The number of likely N-dealkylation sites (N-methyl/N-ethyl adjacent to an activating group) is 1. The lowest BCUT2D eigenvalue weighted by molar-refractivity contribution is -0.138. The summed E-state index contributed by atoms with van der Waals surface area (Å²) in [5, 5.41) is 0. The first-order valence-corrected chi connectivity index (χ1v) is 9.89. The van der Waals surface area contributed by atoms with E-state index in [1.54, 1.807) is 4.90 Å². The fourth-order valence-corrected chi connectivity index (χ4v) is 3.66. The van der Waals surface area contributed by atoms with Crippen molar-refractivity contribution in [2.24, 2.45) is 4.99 Å². The number of piperazine rings is 1.